The van der Waals surface area contributed by atoms with Crippen LogP contribution in [0.3, 0.4) is 0 Å². The van der Waals surface area contributed by atoms with Crippen LogP contribution in [0.15, 0.2) is 10.7 Å². The summed E-state index contributed by atoms with van der Waals surface area (Å²) in [5.74, 6) is -0.483. The third-order valence-corrected chi connectivity index (χ3v) is 1.85. The highest BCUT2D eigenvalue weighted by molar-refractivity contribution is 5.84. The Morgan fingerprint density at radius 3 is 2.93 bits per heavy atom. The first-order valence-corrected chi connectivity index (χ1v) is 4.91. The van der Waals surface area contributed by atoms with E-state index in [9.17, 15) is 4.79 Å². The minimum Gasteiger partial charge on any atom is -0.476 e. The number of rotatable bonds is 6. The molecule has 0 radical (unpaired) electrons. The Balaban J connectivity index is 2.29. The Labute approximate surface area is 88.1 Å². The molecule has 0 atom stereocenters. The van der Waals surface area contributed by atoms with E-state index in [1.54, 1.807) is 0 Å². The lowest BCUT2D eigenvalue weighted by Gasteiger charge is -2.03. The minimum atomic E-state index is -1.12. The van der Waals surface area contributed by atoms with Crippen molar-refractivity contribution < 1.29 is 19.1 Å². The summed E-state index contributed by atoms with van der Waals surface area (Å²) >= 11 is 0. The average Bonchev–Trinajstić information content (AvgIpc) is 2.60. The smallest absolute Gasteiger partial charge is 0.394 e. The summed E-state index contributed by atoms with van der Waals surface area (Å²) in [5, 5.41) is 8.56. The van der Waals surface area contributed by atoms with E-state index in [0.29, 0.717) is 12.5 Å². The summed E-state index contributed by atoms with van der Waals surface area (Å²) in [6.07, 6.45) is 3.06. The molecule has 0 saturated carbocycles. The molecule has 0 unspecified atom stereocenters. The highest BCUT2D eigenvalue weighted by Gasteiger charge is 2.10. The molecule has 5 heteroatoms. The quantitative estimate of drug-likeness (QED) is 0.733. The molecule has 1 aromatic rings. The fourth-order valence-corrected chi connectivity index (χ4v) is 1.07. The molecule has 0 fully saturated rings. The number of hydrogen-bond donors (Lipinski definition) is 1. The van der Waals surface area contributed by atoms with Crippen LogP contribution in [-0.2, 0) is 0 Å². The summed E-state index contributed by atoms with van der Waals surface area (Å²) in [5.41, 5.74) is -0.131. The summed E-state index contributed by atoms with van der Waals surface area (Å²) in [6, 6.07) is 0. The van der Waals surface area contributed by atoms with Gasteiger partial charge < -0.3 is 14.3 Å². The van der Waals surface area contributed by atoms with Crippen molar-refractivity contribution in [2.75, 3.05) is 6.61 Å². The van der Waals surface area contributed by atoms with Gasteiger partial charge in [0.1, 0.15) is 6.26 Å². The maximum Gasteiger partial charge on any atom is 0.394 e. The van der Waals surface area contributed by atoms with Gasteiger partial charge in [-0.15, -0.1) is 0 Å². The number of aromatic carboxylic acids is 1. The third kappa shape index (κ3) is 4.01. The topological polar surface area (TPSA) is 72.6 Å². The monoisotopic (exact) mass is 213 g/mol. The predicted molar refractivity (Wildman–Crippen MR) is 53.0 cm³/mol. The van der Waals surface area contributed by atoms with Crippen molar-refractivity contribution in [1.82, 2.24) is 4.98 Å². The number of nitrogens with zero attached hydrogens (tertiary/aromatic N) is 1. The van der Waals surface area contributed by atoms with E-state index >= 15 is 0 Å². The lowest BCUT2D eigenvalue weighted by molar-refractivity contribution is 0.0690. The molecule has 1 rings (SSSR count). The van der Waals surface area contributed by atoms with E-state index in [0.717, 1.165) is 19.1 Å². The first kappa shape index (κ1) is 11.6. The van der Waals surface area contributed by atoms with E-state index in [2.05, 4.69) is 18.8 Å². The Morgan fingerprint density at radius 2 is 2.40 bits per heavy atom. The maximum absolute atomic E-state index is 10.5. The third-order valence-electron chi connectivity index (χ3n) is 1.85. The average molecular weight is 213 g/mol. The number of ether oxygens (including phenoxy) is 1. The fourth-order valence-electron chi connectivity index (χ4n) is 1.07. The molecule has 0 aliphatic carbocycles. The SMILES string of the molecule is CC(C)CCCOc1nc(C(=O)O)co1. The standard InChI is InChI=1S/C10H15NO4/c1-7(2)4-3-5-14-10-11-8(6-15-10)9(12)13/h6-7H,3-5H2,1-2H3,(H,12,13). The van der Waals surface area contributed by atoms with Crippen LogP contribution in [-0.4, -0.2) is 22.7 Å². The molecule has 0 aromatic carbocycles. The van der Waals surface area contributed by atoms with Crippen molar-refractivity contribution in [2.45, 2.75) is 26.7 Å². The van der Waals surface area contributed by atoms with E-state index in [-0.39, 0.29) is 11.8 Å². The fraction of sp³-hybridized carbons (Fsp3) is 0.600. The Bertz CT molecular complexity index is 319. The molecule has 0 amide bonds. The highest BCUT2D eigenvalue weighted by Crippen LogP contribution is 2.11. The molecule has 1 aromatic heterocycles. The minimum absolute atomic E-state index is 0.0242. The van der Waals surface area contributed by atoms with Crippen LogP contribution in [0, 0.1) is 5.92 Å². The molecule has 15 heavy (non-hydrogen) atoms. The zero-order valence-corrected chi connectivity index (χ0v) is 8.90. The number of aromatic nitrogens is 1. The van der Waals surface area contributed by atoms with Crippen LogP contribution < -0.4 is 4.74 Å². The number of carboxylic acids is 1. The molecular formula is C10H15NO4. The molecule has 0 saturated heterocycles. The van der Waals surface area contributed by atoms with Crippen LogP contribution in [0.1, 0.15) is 37.2 Å². The Kier molecular flexibility index (Phi) is 4.15. The van der Waals surface area contributed by atoms with Crippen molar-refractivity contribution in [3.05, 3.63) is 12.0 Å². The Morgan fingerprint density at radius 1 is 1.67 bits per heavy atom. The zero-order valence-electron chi connectivity index (χ0n) is 8.90. The maximum atomic E-state index is 10.5. The van der Waals surface area contributed by atoms with Gasteiger partial charge in [0.25, 0.3) is 0 Å². The van der Waals surface area contributed by atoms with Crippen LogP contribution in [0.2, 0.25) is 0 Å². The van der Waals surface area contributed by atoms with Gasteiger partial charge >= 0.3 is 12.0 Å². The van der Waals surface area contributed by atoms with Gasteiger partial charge in [-0.1, -0.05) is 13.8 Å². The number of oxazole rings is 1. The van der Waals surface area contributed by atoms with Gasteiger partial charge in [0.05, 0.1) is 6.61 Å². The highest BCUT2D eigenvalue weighted by atomic mass is 16.6. The van der Waals surface area contributed by atoms with Crippen molar-refractivity contribution in [3.8, 4) is 6.08 Å². The van der Waals surface area contributed by atoms with Gasteiger partial charge in [0.2, 0.25) is 0 Å². The van der Waals surface area contributed by atoms with Gasteiger partial charge in [-0.05, 0) is 18.8 Å². The van der Waals surface area contributed by atoms with Crippen molar-refractivity contribution in [2.24, 2.45) is 5.92 Å². The van der Waals surface area contributed by atoms with Gasteiger partial charge in [-0.25, -0.2) is 4.79 Å². The molecule has 84 valence electrons. The normalized spacial score (nSPS) is 10.6. The van der Waals surface area contributed by atoms with Crippen molar-refractivity contribution in [3.63, 3.8) is 0 Å². The second kappa shape index (κ2) is 5.38. The molecule has 0 bridgehead atoms. The van der Waals surface area contributed by atoms with E-state index in [1.165, 1.54) is 0 Å². The summed E-state index contributed by atoms with van der Waals surface area (Å²) in [6.45, 7) is 4.76. The largest absolute Gasteiger partial charge is 0.476 e. The molecule has 1 heterocycles. The Hall–Kier alpha value is -1.52. The first-order valence-electron chi connectivity index (χ1n) is 4.91. The predicted octanol–water partition coefficient (Wildman–Crippen LogP) is 2.19. The van der Waals surface area contributed by atoms with Crippen molar-refractivity contribution >= 4 is 5.97 Å². The summed E-state index contributed by atoms with van der Waals surface area (Å²) < 4.78 is 9.96. The summed E-state index contributed by atoms with van der Waals surface area (Å²) in [4.78, 5) is 14.1. The van der Waals surface area contributed by atoms with E-state index in [4.69, 9.17) is 14.3 Å². The molecular weight excluding hydrogens is 198 g/mol. The van der Waals surface area contributed by atoms with Crippen LogP contribution in [0.4, 0.5) is 0 Å². The molecule has 0 spiro atoms. The second-order valence-corrected chi connectivity index (χ2v) is 3.69. The summed E-state index contributed by atoms with van der Waals surface area (Å²) in [7, 11) is 0. The van der Waals surface area contributed by atoms with Crippen molar-refractivity contribution in [1.29, 1.82) is 0 Å². The molecule has 1 N–H and O–H groups in total. The van der Waals surface area contributed by atoms with Crippen LogP contribution in [0.5, 0.6) is 6.08 Å². The van der Waals surface area contributed by atoms with E-state index < -0.39 is 5.97 Å². The van der Waals surface area contributed by atoms with Gasteiger partial charge in [-0.3, -0.25) is 0 Å². The number of hydrogen-bond acceptors (Lipinski definition) is 4. The first-order chi connectivity index (χ1) is 7.09. The number of carbonyl (C=O) groups is 1. The zero-order chi connectivity index (χ0) is 11.3. The van der Waals surface area contributed by atoms with Gasteiger partial charge in [0, 0.05) is 0 Å². The van der Waals surface area contributed by atoms with E-state index in [1.807, 2.05) is 0 Å². The molecule has 0 aliphatic heterocycles. The second-order valence-electron chi connectivity index (χ2n) is 3.69. The van der Waals surface area contributed by atoms with Gasteiger partial charge in [-0.2, -0.15) is 4.98 Å². The lowest BCUT2D eigenvalue weighted by atomic mass is 10.1. The number of carboxylic acid groups (broad SMARTS) is 1. The molecule has 0 aliphatic rings. The van der Waals surface area contributed by atoms with Gasteiger partial charge in [0.15, 0.2) is 5.69 Å². The van der Waals surface area contributed by atoms with Crippen LogP contribution >= 0.6 is 0 Å². The van der Waals surface area contributed by atoms with Crippen LogP contribution in [0.25, 0.3) is 0 Å². The lowest BCUT2D eigenvalue weighted by Crippen LogP contribution is -2.01. The molecule has 5 nitrogen and oxygen atoms in total.